The van der Waals surface area contributed by atoms with E-state index < -0.39 is 0 Å². The molecule has 1 aliphatic carbocycles. The quantitative estimate of drug-likeness (QED) is 0.234. The first-order valence-corrected chi connectivity index (χ1v) is 13.4. The normalized spacial score (nSPS) is 12.1. The monoisotopic (exact) mass is 494 g/mol. The minimum Gasteiger partial charge on any atom is -0.307 e. The Morgan fingerprint density at radius 1 is 0.487 bits per heavy atom. The summed E-state index contributed by atoms with van der Waals surface area (Å²) in [5.74, 6) is 0. The number of benzene rings is 6. The summed E-state index contributed by atoms with van der Waals surface area (Å²) in [6.07, 6.45) is 2.00. The highest BCUT2D eigenvalue weighted by Gasteiger charge is 2.22. The summed E-state index contributed by atoms with van der Waals surface area (Å²) in [6.45, 7) is 0. The van der Waals surface area contributed by atoms with Crippen molar-refractivity contribution in [2.24, 2.45) is 0 Å². The van der Waals surface area contributed by atoms with E-state index in [1.807, 2.05) is 6.20 Å². The Balaban J connectivity index is 1.33. The van der Waals surface area contributed by atoms with Gasteiger partial charge in [0.1, 0.15) is 0 Å². The van der Waals surface area contributed by atoms with E-state index in [0.29, 0.717) is 0 Å². The fraction of sp³-hybridized carbons (Fsp3) is 0. The second-order valence-corrected chi connectivity index (χ2v) is 10.4. The molecule has 2 nitrogen and oxygen atoms in total. The summed E-state index contributed by atoms with van der Waals surface area (Å²) in [4.78, 5) is 4.93. The molecule has 0 radical (unpaired) electrons. The van der Waals surface area contributed by atoms with Gasteiger partial charge in [0, 0.05) is 28.0 Å². The van der Waals surface area contributed by atoms with Gasteiger partial charge in [-0.2, -0.15) is 0 Å². The SMILES string of the molecule is c1cc(-c2ccc3c4c(cccc24)-c2ccccc2-3)cc(-n2c3ccccc3c3ncc4ccccc4c32)c1. The van der Waals surface area contributed by atoms with E-state index in [1.54, 1.807) is 0 Å². The first-order chi connectivity index (χ1) is 19.4. The van der Waals surface area contributed by atoms with E-state index in [4.69, 9.17) is 4.98 Å². The molecule has 0 N–H and O–H groups in total. The van der Waals surface area contributed by atoms with Gasteiger partial charge in [-0.15, -0.1) is 0 Å². The van der Waals surface area contributed by atoms with Gasteiger partial charge in [0.15, 0.2) is 0 Å². The van der Waals surface area contributed by atoms with Gasteiger partial charge in [0.2, 0.25) is 0 Å². The van der Waals surface area contributed by atoms with Crippen LogP contribution in [0.4, 0.5) is 0 Å². The Morgan fingerprint density at radius 3 is 2.05 bits per heavy atom. The van der Waals surface area contributed by atoms with Gasteiger partial charge < -0.3 is 4.57 Å². The van der Waals surface area contributed by atoms with Crippen molar-refractivity contribution in [3.63, 3.8) is 0 Å². The van der Waals surface area contributed by atoms with E-state index in [0.717, 1.165) is 22.1 Å². The molecule has 2 heteroatoms. The van der Waals surface area contributed by atoms with E-state index in [2.05, 4.69) is 132 Å². The molecule has 0 fully saturated rings. The predicted octanol–water partition coefficient (Wildman–Crippen LogP) is 9.80. The smallest absolute Gasteiger partial charge is 0.0970 e. The van der Waals surface area contributed by atoms with Crippen molar-refractivity contribution in [1.82, 2.24) is 9.55 Å². The molecular formula is C37H22N2. The van der Waals surface area contributed by atoms with Crippen LogP contribution in [0.3, 0.4) is 0 Å². The third-order valence-corrected chi connectivity index (χ3v) is 8.36. The molecule has 1 aliphatic rings. The Hall–Kier alpha value is -5.21. The standard InChI is InChI=1S/C37H22N2/c1-2-12-27-24(9-1)22-38-36-33-15-5-6-18-34(33)39(37(27)36)25-11-7-10-23(21-25)26-19-20-32-29-14-4-3-13-28(29)31-17-8-16-30(26)35(31)32/h1-22H. The van der Waals surface area contributed by atoms with Gasteiger partial charge in [0.05, 0.1) is 16.6 Å². The molecule has 9 rings (SSSR count). The van der Waals surface area contributed by atoms with Gasteiger partial charge in [-0.1, -0.05) is 109 Å². The van der Waals surface area contributed by atoms with Crippen molar-refractivity contribution in [2.75, 3.05) is 0 Å². The van der Waals surface area contributed by atoms with Crippen molar-refractivity contribution < 1.29 is 0 Å². The molecule has 39 heavy (non-hydrogen) atoms. The topological polar surface area (TPSA) is 17.8 Å². The highest BCUT2D eigenvalue weighted by atomic mass is 15.0. The summed E-state index contributed by atoms with van der Waals surface area (Å²) in [5.41, 5.74) is 12.3. The second-order valence-electron chi connectivity index (χ2n) is 10.4. The minimum atomic E-state index is 1.04. The first kappa shape index (κ1) is 20.8. The first-order valence-electron chi connectivity index (χ1n) is 13.4. The van der Waals surface area contributed by atoms with Crippen LogP contribution in [0.15, 0.2) is 134 Å². The molecule has 2 aromatic heterocycles. The molecule has 0 atom stereocenters. The second kappa shape index (κ2) is 7.66. The highest BCUT2D eigenvalue weighted by Crippen LogP contribution is 2.49. The maximum absolute atomic E-state index is 4.93. The number of nitrogens with zero attached hydrogens (tertiary/aromatic N) is 2. The summed E-state index contributed by atoms with van der Waals surface area (Å²) in [6, 6.07) is 46.2. The zero-order valence-corrected chi connectivity index (χ0v) is 21.1. The number of hydrogen-bond donors (Lipinski definition) is 0. The molecular weight excluding hydrogens is 472 g/mol. The van der Waals surface area contributed by atoms with Crippen LogP contribution in [0.2, 0.25) is 0 Å². The Kier molecular flexibility index (Phi) is 4.08. The lowest BCUT2D eigenvalue weighted by atomic mass is 9.94. The summed E-state index contributed by atoms with van der Waals surface area (Å²) < 4.78 is 2.39. The molecule has 0 unspecified atom stereocenters. The van der Waals surface area contributed by atoms with Crippen molar-refractivity contribution >= 4 is 43.5 Å². The van der Waals surface area contributed by atoms with Crippen LogP contribution in [-0.4, -0.2) is 9.55 Å². The number of pyridine rings is 1. The van der Waals surface area contributed by atoms with Crippen LogP contribution in [0.25, 0.3) is 82.5 Å². The fourth-order valence-electron chi connectivity index (χ4n) is 6.70. The molecule has 0 spiro atoms. The number of hydrogen-bond acceptors (Lipinski definition) is 1. The van der Waals surface area contributed by atoms with Crippen molar-refractivity contribution in [3.05, 3.63) is 134 Å². The molecule has 6 aromatic carbocycles. The van der Waals surface area contributed by atoms with Crippen LogP contribution in [0.1, 0.15) is 0 Å². The van der Waals surface area contributed by atoms with Crippen LogP contribution < -0.4 is 0 Å². The lowest BCUT2D eigenvalue weighted by Gasteiger charge is -2.13. The van der Waals surface area contributed by atoms with Gasteiger partial charge in [0.25, 0.3) is 0 Å². The van der Waals surface area contributed by atoms with Crippen LogP contribution >= 0.6 is 0 Å². The zero-order valence-electron chi connectivity index (χ0n) is 21.1. The Morgan fingerprint density at radius 2 is 1.15 bits per heavy atom. The molecule has 2 heterocycles. The number of fused-ring (bicyclic) bond motifs is 8. The van der Waals surface area contributed by atoms with Crippen molar-refractivity contribution in [2.45, 2.75) is 0 Å². The average molecular weight is 495 g/mol. The lowest BCUT2D eigenvalue weighted by Crippen LogP contribution is -1.95. The summed E-state index contributed by atoms with van der Waals surface area (Å²) in [7, 11) is 0. The van der Waals surface area contributed by atoms with E-state index in [-0.39, 0.29) is 0 Å². The maximum atomic E-state index is 4.93. The molecule has 0 aliphatic heterocycles. The highest BCUT2D eigenvalue weighted by molar-refractivity contribution is 6.19. The predicted molar refractivity (Wildman–Crippen MR) is 163 cm³/mol. The van der Waals surface area contributed by atoms with E-state index in [1.165, 1.54) is 60.4 Å². The van der Waals surface area contributed by atoms with Crippen molar-refractivity contribution in [3.8, 4) is 39.1 Å². The summed E-state index contributed by atoms with van der Waals surface area (Å²) in [5, 5.41) is 6.19. The van der Waals surface area contributed by atoms with Gasteiger partial charge in [-0.25, -0.2) is 0 Å². The van der Waals surface area contributed by atoms with E-state index in [9.17, 15) is 0 Å². The lowest BCUT2D eigenvalue weighted by molar-refractivity contribution is 1.18. The molecule has 0 amide bonds. The van der Waals surface area contributed by atoms with E-state index >= 15 is 0 Å². The molecule has 0 saturated carbocycles. The molecule has 8 aromatic rings. The molecule has 180 valence electrons. The van der Waals surface area contributed by atoms with Crippen molar-refractivity contribution in [1.29, 1.82) is 0 Å². The Bertz CT molecular complexity index is 2260. The Labute approximate surface area is 225 Å². The van der Waals surface area contributed by atoms with Crippen LogP contribution in [-0.2, 0) is 0 Å². The third kappa shape index (κ3) is 2.78. The van der Waals surface area contributed by atoms with Crippen LogP contribution in [0, 0.1) is 0 Å². The average Bonchev–Trinajstić information content (AvgIpc) is 3.52. The zero-order chi connectivity index (χ0) is 25.5. The number of aromatic nitrogens is 2. The van der Waals surface area contributed by atoms with Gasteiger partial charge in [-0.3, -0.25) is 4.98 Å². The fourth-order valence-corrected chi connectivity index (χ4v) is 6.70. The molecule has 0 bridgehead atoms. The third-order valence-electron chi connectivity index (χ3n) is 8.36. The van der Waals surface area contributed by atoms with Gasteiger partial charge >= 0.3 is 0 Å². The van der Waals surface area contributed by atoms with Gasteiger partial charge in [-0.05, 0) is 62.4 Å². The minimum absolute atomic E-state index is 1.04. The largest absolute Gasteiger partial charge is 0.307 e. The molecule has 0 saturated heterocycles. The van der Waals surface area contributed by atoms with Crippen LogP contribution in [0.5, 0.6) is 0 Å². The maximum Gasteiger partial charge on any atom is 0.0970 e. The summed E-state index contributed by atoms with van der Waals surface area (Å²) >= 11 is 0. The number of rotatable bonds is 2. The number of para-hydroxylation sites is 1.